The van der Waals surface area contributed by atoms with Gasteiger partial charge in [-0.05, 0) is 24.5 Å². The number of nitrogens with zero attached hydrogens (tertiary/aromatic N) is 4. The van der Waals surface area contributed by atoms with Crippen molar-refractivity contribution in [1.82, 2.24) is 15.1 Å². The molecule has 6 nitrogen and oxygen atoms in total. The van der Waals surface area contributed by atoms with Gasteiger partial charge in [0, 0.05) is 25.3 Å². The molecule has 1 aromatic carbocycles. The van der Waals surface area contributed by atoms with Crippen LogP contribution in [0.1, 0.15) is 6.42 Å². The number of anilines is 2. The number of para-hydroxylation sites is 1. The van der Waals surface area contributed by atoms with Crippen molar-refractivity contribution in [2.45, 2.75) is 6.42 Å². The van der Waals surface area contributed by atoms with Crippen LogP contribution in [0.15, 0.2) is 47.4 Å². The Morgan fingerprint density at radius 1 is 1.23 bits per heavy atom. The molecule has 0 saturated carbocycles. The molecule has 0 spiro atoms. The van der Waals surface area contributed by atoms with E-state index in [0.29, 0.717) is 11.6 Å². The zero-order valence-electron chi connectivity index (χ0n) is 12.1. The van der Waals surface area contributed by atoms with E-state index in [1.807, 2.05) is 0 Å². The monoisotopic (exact) mass is 295 g/mol. The molecule has 0 aliphatic carbocycles. The van der Waals surface area contributed by atoms with E-state index in [2.05, 4.69) is 55.7 Å². The fraction of sp³-hybridized carbons (Fsp3) is 0.312. The Kier molecular flexibility index (Phi) is 3.34. The Morgan fingerprint density at radius 3 is 3.05 bits per heavy atom. The first kappa shape index (κ1) is 13.1. The lowest BCUT2D eigenvalue weighted by Crippen LogP contribution is -2.22. The fourth-order valence-corrected chi connectivity index (χ4v) is 2.95. The summed E-state index contributed by atoms with van der Waals surface area (Å²) in [5, 5.41) is 8.01. The van der Waals surface area contributed by atoms with E-state index >= 15 is 0 Å². The topological polar surface area (TPSA) is 67.1 Å². The number of hydrogen-bond donors (Lipinski definition) is 1. The lowest BCUT2D eigenvalue weighted by Gasteiger charge is -2.18. The molecule has 6 heteroatoms. The molecule has 3 aromatic rings. The number of aromatic nitrogens is 3. The zero-order valence-corrected chi connectivity index (χ0v) is 12.1. The van der Waals surface area contributed by atoms with Gasteiger partial charge in [0.15, 0.2) is 0 Å². The third-order valence-electron chi connectivity index (χ3n) is 4.13. The van der Waals surface area contributed by atoms with Gasteiger partial charge < -0.3 is 14.7 Å². The maximum atomic E-state index is 5.06. The van der Waals surface area contributed by atoms with Crippen molar-refractivity contribution in [3.05, 3.63) is 42.9 Å². The van der Waals surface area contributed by atoms with E-state index in [4.69, 9.17) is 4.52 Å². The van der Waals surface area contributed by atoms with Crippen molar-refractivity contribution in [1.29, 1.82) is 0 Å². The molecular formula is C16H17N5O. The molecule has 1 saturated heterocycles. The Hall–Kier alpha value is -2.63. The van der Waals surface area contributed by atoms with Gasteiger partial charge >= 0.3 is 0 Å². The van der Waals surface area contributed by atoms with Crippen LogP contribution in [0.4, 0.5) is 11.5 Å². The molecular weight excluding hydrogens is 278 g/mol. The predicted molar refractivity (Wildman–Crippen MR) is 84.9 cm³/mol. The lowest BCUT2D eigenvalue weighted by molar-refractivity contribution is 0.448. The summed E-state index contributed by atoms with van der Waals surface area (Å²) >= 11 is 0. The van der Waals surface area contributed by atoms with E-state index in [-0.39, 0.29) is 0 Å². The minimum Gasteiger partial charge on any atom is -0.371 e. The summed E-state index contributed by atoms with van der Waals surface area (Å²) in [6, 6.07) is 10.6. The number of hydrogen-bond acceptors (Lipinski definition) is 6. The second-order valence-corrected chi connectivity index (χ2v) is 5.58. The highest BCUT2D eigenvalue weighted by Crippen LogP contribution is 2.24. The summed E-state index contributed by atoms with van der Waals surface area (Å²) in [6.45, 7) is 3.05. The van der Waals surface area contributed by atoms with Gasteiger partial charge in [-0.25, -0.2) is 4.98 Å². The standard InChI is InChI=1S/C16H17N5O/c1-2-4-13(5-3-1)21-7-6-12(10-21)8-17-15-14-9-20-22-16(14)19-11-18-15/h1-5,9,11-12H,6-8,10H2,(H,17,18,19)/t12-/m0/s1. The number of rotatable bonds is 4. The van der Waals surface area contributed by atoms with Crippen LogP contribution in [-0.2, 0) is 0 Å². The van der Waals surface area contributed by atoms with Crippen LogP contribution in [0.25, 0.3) is 11.1 Å². The van der Waals surface area contributed by atoms with Crippen LogP contribution in [0, 0.1) is 5.92 Å². The summed E-state index contributed by atoms with van der Waals surface area (Å²) < 4.78 is 5.06. The van der Waals surface area contributed by atoms with E-state index < -0.39 is 0 Å². The maximum Gasteiger partial charge on any atom is 0.262 e. The molecule has 0 amide bonds. The van der Waals surface area contributed by atoms with Gasteiger partial charge in [-0.2, -0.15) is 4.98 Å². The third kappa shape index (κ3) is 2.47. The van der Waals surface area contributed by atoms with Gasteiger partial charge in [0.1, 0.15) is 17.5 Å². The highest BCUT2D eigenvalue weighted by Gasteiger charge is 2.22. The summed E-state index contributed by atoms with van der Waals surface area (Å²) in [5.74, 6) is 1.40. The minimum atomic E-state index is 0.523. The SMILES string of the molecule is c1ccc(N2CC[C@@H](CNc3ncnc4oncc34)C2)cc1. The molecule has 1 N–H and O–H groups in total. The largest absolute Gasteiger partial charge is 0.371 e. The first-order valence-electron chi connectivity index (χ1n) is 7.49. The maximum absolute atomic E-state index is 5.06. The van der Waals surface area contributed by atoms with Gasteiger partial charge in [-0.3, -0.25) is 0 Å². The molecule has 22 heavy (non-hydrogen) atoms. The first-order valence-corrected chi connectivity index (χ1v) is 7.49. The molecule has 3 heterocycles. The summed E-state index contributed by atoms with van der Waals surface area (Å²) in [5.41, 5.74) is 1.82. The normalized spacial score (nSPS) is 18.0. The average molecular weight is 295 g/mol. The lowest BCUT2D eigenvalue weighted by atomic mass is 10.1. The van der Waals surface area contributed by atoms with Crippen LogP contribution in [0.3, 0.4) is 0 Å². The molecule has 1 fully saturated rings. The highest BCUT2D eigenvalue weighted by molar-refractivity contribution is 5.84. The Bertz CT molecular complexity index is 757. The summed E-state index contributed by atoms with van der Waals surface area (Å²) in [4.78, 5) is 10.8. The minimum absolute atomic E-state index is 0.523. The van der Waals surface area contributed by atoms with E-state index in [9.17, 15) is 0 Å². The van der Waals surface area contributed by atoms with Crippen molar-refractivity contribution in [3.63, 3.8) is 0 Å². The van der Waals surface area contributed by atoms with E-state index in [0.717, 1.165) is 30.8 Å². The Labute approximate surface area is 128 Å². The first-order chi connectivity index (χ1) is 10.9. The smallest absolute Gasteiger partial charge is 0.262 e. The molecule has 4 rings (SSSR count). The molecule has 0 bridgehead atoms. The molecule has 2 aromatic heterocycles. The number of fused-ring (bicyclic) bond motifs is 1. The third-order valence-corrected chi connectivity index (χ3v) is 4.13. The van der Waals surface area contributed by atoms with Crippen LogP contribution >= 0.6 is 0 Å². The quantitative estimate of drug-likeness (QED) is 0.798. The highest BCUT2D eigenvalue weighted by atomic mass is 16.5. The molecule has 1 aliphatic heterocycles. The van der Waals surface area contributed by atoms with Crippen LogP contribution < -0.4 is 10.2 Å². The average Bonchev–Trinajstić information content (AvgIpc) is 3.23. The molecule has 1 aliphatic rings. The Morgan fingerprint density at radius 2 is 2.14 bits per heavy atom. The number of benzene rings is 1. The molecule has 0 unspecified atom stereocenters. The second-order valence-electron chi connectivity index (χ2n) is 5.58. The van der Waals surface area contributed by atoms with Crippen molar-refractivity contribution in [3.8, 4) is 0 Å². The van der Waals surface area contributed by atoms with Gasteiger partial charge in [0.2, 0.25) is 0 Å². The van der Waals surface area contributed by atoms with Crippen LogP contribution in [0.2, 0.25) is 0 Å². The summed E-state index contributed by atoms with van der Waals surface area (Å²) in [7, 11) is 0. The predicted octanol–water partition coefficient (Wildman–Crippen LogP) is 2.56. The summed E-state index contributed by atoms with van der Waals surface area (Å²) in [6.07, 6.45) is 4.34. The van der Waals surface area contributed by atoms with Crippen molar-refractivity contribution in [2.75, 3.05) is 29.9 Å². The Balaban J connectivity index is 1.40. The van der Waals surface area contributed by atoms with Gasteiger partial charge in [-0.15, -0.1) is 0 Å². The number of nitrogens with one attached hydrogen (secondary N) is 1. The van der Waals surface area contributed by atoms with Crippen LogP contribution in [0.5, 0.6) is 0 Å². The van der Waals surface area contributed by atoms with Crippen molar-refractivity contribution in [2.24, 2.45) is 5.92 Å². The van der Waals surface area contributed by atoms with E-state index in [1.54, 1.807) is 6.20 Å². The van der Waals surface area contributed by atoms with Crippen molar-refractivity contribution >= 4 is 22.6 Å². The zero-order chi connectivity index (χ0) is 14.8. The van der Waals surface area contributed by atoms with E-state index in [1.165, 1.54) is 18.4 Å². The van der Waals surface area contributed by atoms with Gasteiger partial charge in [0.25, 0.3) is 5.71 Å². The van der Waals surface area contributed by atoms with Crippen molar-refractivity contribution < 1.29 is 4.52 Å². The van der Waals surface area contributed by atoms with Crippen LogP contribution in [-0.4, -0.2) is 34.8 Å². The fourth-order valence-electron chi connectivity index (χ4n) is 2.95. The molecule has 0 radical (unpaired) electrons. The van der Waals surface area contributed by atoms with Gasteiger partial charge in [0.05, 0.1) is 6.20 Å². The molecule has 1 atom stereocenters. The van der Waals surface area contributed by atoms with Gasteiger partial charge in [-0.1, -0.05) is 23.4 Å². The molecule has 112 valence electrons. The second kappa shape index (κ2) is 5.63.